The predicted octanol–water partition coefficient (Wildman–Crippen LogP) is 3.42. The number of nitrogens with zero attached hydrogens (tertiary/aromatic N) is 2. The van der Waals surface area contributed by atoms with Crippen LogP contribution in [0.2, 0.25) is 0 Å². The first-order valence-electron chi connectivity index (χ1n) is 8.56. The van der Waals surface area contributed by atoms with Crippen LogP contribution in [0.3, 0.4) is 0 Å². The Hall–Kier alpha value is -1.65. The van der Waals surface area contributed by atoms with E-state index in [0.717, 1.165) is 48.9 Å². The molecule has 0 unspecified atom stereocenters. The molecule has 5 nitrogen and oxygen atoms in total. The molecule has 148 valence electrons. The Morgan fingerprint density at radius 1 is 1.22 bits per heavy atom. The van der Waals surface area contributed by atoms with Crippen LogP contribution in [-0.2, 0) is 28.4 Å². The summed E-state index contributed by atoms with van der Waals surface area (Å²) in [6.45, 7) is 2.15. The zero-order valence-corrected chi connectivity index (χ0v) is 16.1. The van der Waals surface area contributed by atoms with Crippen molar-refractivity contribution in [2.75, 3.05) is 24.5 Å². The van der Waals surface area contributed by atoms with E-state index in [0.29, 0.717) is 6.42 Å². The Balaban J connectivity index is 1.53. The van der Waals surface area contributed by atoms with Crippen molar-refractivity contribution in [1.82, 2.24) is 9.71 Å². The molecule has 0 aliphatic carbocycles. The number of thiazole rings is 1. The predicted molar refractivity (Wildman–Crippen MR) is 99.3 cm³/mol. The monoisotopic (exact) mass is 419 g/mol. The summed E-state index contributed by atoms with van der Waals surface area (Å²) in [6.07, 6.45) is -1.74. The van der Waals surface area contributed by atoms with E-state index in [1.165, 1.54) is 12.1 Å². The van der Waals surface area contributed by atoms with Crippen LogP contribution in [0.1, 0.15) is 29.7 Å². The molecule has 10 heteroatoms. The smallest absolute Gasteiger partial charge is 0.348 e. The van der Waals surface area contributed by atoms with E-state index in [9.17, 15) is 21.6 Å². The quantitative estimate of drug-likeness (QED) is 0.747. The van der Waals surface area contributed by atoms with Gasteiger partial charge < -0.3 is 4.90 Å². The highest BCUT2D eigenvalue weighted by atomic mass is 32.2. The second-order valence-electron chi connectivity index (χ2n) is 6.42. The number of benzene rings is 1. The van der Waals surface area contributed by atoms with Crippen molar-refractivity contribution < 1.29 is 21.6 Å². The lowest BCUT2D eigenvalue weighted by atomic mass is 10.1. The molecule has 2 heterocycles. The van der Waals surface area contributed by atoms with Gasteiger partial charge in [0.15, 0.2) is 5.13 Å². The van der Waals surface area contributed by atoms with E-state index >= 15 is 0 Å². The van der Waals surface area contributed by atoms with Gasteiger partial charge >= 0.3 is 6.18 Å². The van der Waals surface area contributed by atoms with E-state index in [-0.39, 0.29) is 12.1 Å². The van der Waals surface area contributed by atoms with E-state index < -0.39 is 27.5 Å². The van der Waals surface area contributed by atoms with E-state index in [1.54, 1.807) is 11.3 Å². The summed E-state index contributed by atoms with van der Waals surface area (Å²) >= 11 is 1.54. The van der Waals surface area contributed by atoms with Crippen molar-refractivity contribution >= 4 is 26.5 Å². The molecule has 2 aromatic rings. The van der Waals surface area contributed by atoms with Crippen LogP contribution in [0, 0.1) is 0 Å². The minimum Gasteiger partial charge on any atom is -0.348 e. The summed E-state index contributed by atoms with van der Waals surface area (Å²) in [4.78, 5) is 6.73. The lowest BCUT2D eigenvalue weighted by molar-refractivity contribution is -0.137. The van der Waals surface area contributed by atoms with Crippen molar-refractivity contribution in [3.8, 4) is 0 Å². The van der Waals surface area contributed by atoms with Gasteiger partial charge in [0.05, 0.1) is 17.0 Å². The summed E-state index contributed by atoms with van der Waals surface area (Å²) in [5, 5.41) is 2.86. The van der Waals surface area contributed by atoms with Crippen LogP contribution in [-0.4, -0.2) is 33.0 Å². The molecule has 27 heavy (non-hydrogen) atoms. The van der Waals surface area contributed by atoms with Gasteiger partial charge in [0.25, 0.3) is 0 Å². The highest BCUT2D eigenvalue weighted by molar-refractivity contribution is 7.88. The lowest BCUT2D eigenvalue weighted by Gasteiger charge is -2.12. The van der Waals surface area contributed by atoms with E-state index in [2.05, 4.69) is 14.6 Å². The number of nitrogens with one attached hydrogen (secondary N) is 1. The zero-order valence-electron chi connectivity index (χ0n) is 14.5. The van der Waals surface area contributed by atoms with Crippen LogP contribution in [0.25, 0.3) is 0 Å². The topological polar surface area (TPSA) is 62.3 Å². The van der Waals surface area contributed by atoms with Crippen LogP contribution in [0.4, 0.5) is 18.3 Å². The molecule has 1 aliphatic heterocycles. The van der Waals surface area contributed by atoms with Gasteiger partial charge in [-0.05, 0) is 24.5 Å². The number of hydrogen-bond donors (Lipinski definition) is 1. The first kappa shape index (κ1) is 20.1. The Bertz CT molecular complexity index is 876. The maximum atomic E-state index is 12.7. The largest absolute Gasteiger partial charge is 0.416 e. The third-order valence-electron chi connectivity index (χ3n) is 4.23. The number of aromatic nitrogens is 1. The SMILES string of the molecule is O=S(=O)(Cc1cccc(C(F)(F)F)c1)NCCc1csc(N2CCCC2)n1. The Kier molecular flexibility index (Phi) is 6.07. The third-order valence-corrected chi connectivity index (χ3v) is 6.54. The number of hydrogen-bond acceptors (Lipinski definition) is 5. The molecule has 1 saturated heterocycles. The Morgan fingerprint density at radius 3 is 2.67 bits per heavy atom. The van der Waals surface area contributed by atoms with Gasteiger partial charge in [0, 0.05) is 31.4 Å². The molecular formula is C17H20F3N3O2S2. The highest BCUT2D eigenvalue weighted by Crippen LogP contribution is 2.30. The lowest BCUT2D eigenvalue weighted by Crippen LogP contribution is -2.27. The van der Waals surface area contributed by atoms with E-state index in [4.69, 9.17) is 0 Å². The molecule has 1 fully saturated rings. The van der Waals surface area contributed by atoms with Gasteiger partial charge in [-0.15, -0.1) is 11.3 Å². The van der Waals surface area contributed by atoms with Gasteiger partial charge in [-0.1, -0.05) is 18.2 Å². The first-order valence-corrected chi connectivity index (χ1v) is 11.1. The minimum absolute atomic E-state index is 0.0994. The maximum absolute atomic E-state index is 12.7. The molecule has 0 spiro atoms. The van der Waals surface area contributed by atoms with E-state index in [1.807, 2.05) is 5.38 Å². The normalized spacial score (nSPS) is 15.4. The number of anilines is 1. The number of rotatable bonds is 7. The summed E-state index contributed by atoms with van der Waals surface area (Å²) < 4.78 is 64.9. The average Bonchev–Trinajstić information content (AvgIpc) is 3.25. The van der Waals surface area contributed by atoms with Gasteiger partial charge in [-0.25, -0.2) is 18.1 Å². The highest BCUT2D eigenvalue weighted by Gasteiger charge is 2.30. The Labute approximate surface area is 160 Å². The molecule has 1 N–H and O–H groups in total. The molecule has 1 aromatic heterocycles. The van der Waals surface area contributed by atoms with Crippen molar-refractivity contribution in [2.45, 2.75) is 31.2 Å². The number of alkyl halides is 3. The molecule has 1 aliphatic rings. The summed E-state index contributed by atoms with van der Waals surface area (Å²) in [6, 6.07) is 4.37. The fraction of sp³-hybridized carbons (Fsp3) is 0.471. The van der Waals surface area contributed by atoms with Crippen LogP contribution in [0.15, 0.2) is 29.6 Å². The van der Waals surface area contributed by atoms with Gasteiger partial charge in [0.2, 0.25) is 10.0 Å². The van der Waals surface area contributed by atoms with Gasteiger partial charge in [0.1, 0.15) is 0 Å². The van der Waals surface area contributed by atoms with Crippen molar-refractivity contribution in [3.05, 3.63) is 46.5 Å². The molecule has 0 bridgehead atoms. The maximum Gasteiger partial charge on any atom is 0.416 e. The number of halogens is 3. The first-order chi connectivity index (χ1) is 12.7. The van der Waals surface area contributed by atoms with Crippen molar-refractivity contribution in [3.63, 3.8) is 0 Å². The molecular weight excluding hydrogens is 399 g/mol. The van der Waals surface area contributed by atoms with Crippen LogP contribution >= 0.6 is 11.3 Å². The molecule has 0 saturated carbocycles. The zero-order chi connectivity index (χ0) is 19.5. The standard InChI is InChI=1S/C17H20F3N3O2S2/c18-17(19,20)14-5-3-4-13(10-14)12-27(24,25)21-7-6-15-11-26-16(22-15)23-8-1-2-9-23/h3-5,10-11,21H,1-2,6-9,12H2. The fourth-order valence-electron chi connectivity index (χ4n) is 2.91. The third kappa shape index (κ3) is 5.66. The van der Waals surface area contributed by atoms with Crippen molar-refractivity contribution in [1.29, 1.82) is 0 Å². The van der Waals surface area contributed by atoms with Gasteiger partial charge in [-0.3, -0.25) is 0 Å². The molecule has 0 atom stereocenters. The molecule has 3 rings (SSSR count). The van der Waals surface area contributed by atoms with Crippen molar-refractivity contribution in [2.24, 2.45) is 0 Å². The number of sulfonamides is 1. The summed E-state index contributed by atoms with van der Waals surface area (Å²) in [7, 11) is -3.73. The fourth-order valence-corrected chi connectivity index (χ4v) is 4.95. The Morgan fingerprint density at radius 2 is 1.96 bits per heavy atom. The summed E-state index contributed by atoms with van der Waals surface area (Å²) in [5.74, 6) is -0.493. The van der Waals surface area contributed by atoms with Gasteiger partial charge in [-0.2, -0.15) is 13.2 Å². The second-order valence-corrected chi connectivity index (χ2v) is 9.06. The summed E-state index contributed by atoms with van der Waals surface area (Å²) in [5.41, 5.74) is 0.0538. The van der Waals surface area contributed by atoms with Crippen LogP contribution in [0.5, 0.6) is 0 Å². The molecule has 1 aromatic carbocycles. The van der Waals surface area contributed by atoms with Crippen LogP contribution < -0.4 is 9.62 Å². The second kappa shape index (κ2) is 8.15. The average molecular weight is 419 g/mol. The molecule has 0 amide bonds. The molecule has 0 radical (unpaired) electrons. The minimum atomic E-state index is -4.50.